The lowest BCUT2D eigenvalue weighted by molar-refractivity contribution is 0.600. The molecule has 102 valence electrons. The van der Waals surface area contributed by atoms with Crippen LogP contribution < -0.4 is 10.2 Å². The molecule has 2 fully saturated rings. The van der Waals surface area contributed by atoms with Crippen molar-refractivity contribution in [3.05, 3.63) is 29.3 Å². The van der Waals surface area contributed by atoms with Crippen molar-refractivity contribution in [1.29, 1.82) is 0 Å². The molecule has 1 N–H and O–H groups in total. The maximum atomic E-state index is 11.8. The number of sulfone groups is 1. The number of nitrogens with one attached hydrogen (secondary N) is 1. The molecule has 2 atom stereocenters. The van der Waals surface area contributed by atoms with E-state index >= 15 is 0 Å². The lowest BCUT2D eigenvalue weighted by atomic mass is 10.1. The Balaban J connectivity index is 2.02. The normalized spacial score (nSPS) is 28.3. The summed E-state index contributed by atoms with van der Waals surface area (Å²) < 4.78 is 23.5. The summed E-state index contributed by atoms with van der Waals surface area (Å²) in [7, 11) is -2.95. The van der Waals surface area contributed by atoms with Crippen molar-refractivity contribution in [1.82, 2.24) is 5.32 Å². The Labute approximate surface area is 118 Å². The molecule has 0 radical (unpaired) electrons. The van der Waals surface area contributed by atoms with Gasteiger partial charge in [0, 0.05) is 5.69 Å². The standard InChI is InChI=1S/C13H16N2O2S2/c1-8-3-9(2)5-10(4-8)15-12-7-19(16,17)6-11(12)14-13(15)18/h3-5,11-12H,6-7H2,1-2H3,(H,14,18)/t11-,12+/m0/s1. The molecule has 0 spiro atoms. The lowest BCUT2D eigenvalue weighted by Gasteiger charge is -2.24. The monoisotopic (exact) mass is 296 g/mol. The summed E-state index contributed by atoms with van der Waals surface area (Å²) in [5, 5.41) is 3.77. The van der Waals surface area contributed by atoms with Crippen molar-refractivity contribution >= 4 is 32.9 Å². The van der Waals surface area contributed by atoms with E-state index in [1.165, 1.54) is 0 Å². The van der Waals surface area contributed by atoms with Gasteiger partial charge < -0.3 is 10.2 Å². The van der Waals surface area contributed by atoms with E-state index in [4.69, 9.17) is 12.2 Å². The van der Waals surface area contributed by atoms with Crippen molar-refractivity contribution in [2.24, 2.45) is 0 Å². The van der Waals surface area contributed by atoms with Gasteiger partial charge in [0.05, 0.1) is 23.6 Å². The highest BCUT2D eigenvalue weighted by Crippen LogP contribution is 2.30. The van der Waals surface area contributed by atoms with Crippen LogP contribution in [0.2, 0.25) is 0 Å². The average Bonchev–Trinajstić information content (AvgIpc) is 2.66. The molecule has 1 aromatic carbocycles. The van der Waals surface area contributed by atoms with Crippen molar-refractivity contribution in [2.75, 3.05) is 16.4 Å². The van der Waals surface area contributed by atoms with Crippen molar-refractivity contribution in [2.45, 2.75) is 25.9 Å². The van der Waals surface area contributed by atoms with Crippen LogP contribution in [0.15, 0.2) is 18.2 Å². The van der Waals surface area contributed by atoms with Crippen LogP contribution >= 0.6 is 12.2 Å². The minimum absolute atomic E-state index is 0.0706. The molecule has 3 rings (SSSR count). The lowest BCUT2D eigenvalue weighted by Crippen LogP contribution is -2.36. The second kappa shape index (κ2) is 4.18. The zero-order valence-corrected chi connectivity index (χ0v) is 12.5. The SMILES string of the molecule is Cc1cc(C)cc(N2C(=S)N[C@H]3CS(=O)(=O)C[C@H]32)c1. The van der Waals surface area contributed by atoms with Crippen LogP contribution in [-0.2, 0) is 9.84 Å². The first-order chi connectivity index (χ1) is 8.85. The number of hydrogen-bond donors (Lipinski definition) is 1. The molecule has 2 aliphatic rings. The molecular formula is C13H16N2O2S2. The molecule has 0 amide bonds. The van der Waals surface area contributed by atoms with E-state index in [0.717, 1.165) is 16.8 Å². The molecule has 1 aromatic rings. The third kappa shape index (κ3) is 2.23. The average molecular weight is 296 g/mol. The fourth-order valence-corrected chi connectivity index (χ4v) is 5.28. The predicted molar refractivity (Wildman–Crippen MR) is 80.4 cm³/mol. The summed E-state index contributed by atoms with van der Waals surface area (Å²) in [5.74, 6) is 0.358. The van der Waals surface area contributed by atoms with Gasteiger partial charge in [0.1, 0.15) is 0 Å². The molecule has 19 heavy (non-hydrogen) atoms. The summed E-state index contributed by atoms with van der Waals surface area (Å²) in [6.07, 6.45) is 0. The zero-order valence-electron chi connectivity index (χ0n) is 10.9. The quantitative estimate of drug-likeness (QED) is 0.788. The fourth-order valence-electron chi connectivity index (χ4n) is 3.00. The third-order valence-electron chi connectivity index (χ3n) is 3.67. The number of benzene rings is 1. The molecule has 0 aliphatic carbocycles. The highest BCUT2D eigenvalue weighted by Gasteiger charge is 2.47. The molecular weight excluding hydrogens is 280 g/mol. The van der Waals surface area contributed by atoms with Crippen LogP contribution in [0.3, 0.4) is 0 Å². The van der Waals surface area contributed by atoms with Crippen molar-refractivity contribution < 1.29 is 8.42 Å². The van der Waals surface area contributed by atoms with Gasteiger partial charge in [0.2, 0.25) is 0 Å². The minimum atomic E-state index is -2.95. The summed E-state index contributed by atoms with van der Waals surface area (Å²) in [6, 6.07) is 6.05. The Bertz CT molecular complexity index is 634. The molecule has 2 aliphatic heterocycles. The van der Waals surface area contributed by atoms with E-state index in [-0.39, 0.29) is 23.6 Å². The van der Waals surface area contributed by atoms with Gasteiger partial charge in [-0.25, -0.2) is 8.42 Å². The highest BCUT2D eigenvalue weighted by atomic mass is 32.2. The van der Waals surface area contributed by atoms with Crippen molar-refractivity contribution in [3.63, 3.8) is 0 Å². The predicted octanol–water partition coefficient (Wildman–Crippen LogP) is 1.16. The van der Waals surface area contributed by atoms with Gasteiger partial charge >= 0.3 is 0 Å². The van der Waals surface area contributed by atoms with E-state index in [1.807, 2.05) is 30.9 Å². The van der Waals surface area contributed by atoms with Gasteiger partial charge in [-0.1, -0.05) is 6.07 Å². The van der Waals surface area contributed by atoms with Crippen LogP contribution in [-0.4, -0.2) is 37.1 Å². The van der Waals surface area contributed by atoms with Gasteiger partial charge in [-0.15, -0.1) is 0 Å². The Morgan fingerprint density at radius 2 is 1.84 bits per heavy atom. The first-order valence-corrected chi connectivity index (χ1v) is 8.47. The minimum Gasteiger partial charge on any atom is -0.356 e. The van der Waals surface area contributed by atoms with Crippen LogP contribution in [0.5, 0.6) is 0 Å². The van der Waals surface area contributed by atoms with Gasteiger partial charge in [-0.2, -0.15) is 0 Å². The summed E-state index contributed by atoms with van der Waals surface area (Å²) in [4.78, 5) is 1.96. The smallest absolute Gasteiger partial charge is 0.174 e. The van der Waals surface area contributed by atoms with Crippen LogP contribution in [0, 0.1) is 13.8 Å². The molecule has 6 heteroatoms. The molecule has 4 nitrogen and oxygen atoms in total. The largest absolute Gasteiger partial charge is 0.356 e. The maximum Gasteiger partial charge on any atom is 0.174 e. The molecule has 0 aromatic heterocycles. The van der Waals surface area contributed by atoms with Gasteiger partial charge in [0.15, 0.2) is 14.9 Å². The number of anilines is 1. The van der Waals surface area contributed by atoms with E-state index in [9.17, 15) is 8.42 Å². The molecule has 0 unspecified atom stereocenters. The van der Waals surface area contributed by atoms with Crippen molar-refractivity contribution in [3.8, 4) is 0 Å². The number of fused-ring (bicyclic) bond motifs is 1. The first kappa shape index (κ1) is 12.9. The number of aryl methyl sites for hydroxylation is 2. The Morgan fingerprint density at radius 3 is 2.47 bits per heavy atom. The van der Waals surface area contributed by atoms with Gasteiger partial charge in [0.25, 0.3) is 0 Å². The highest BCUT2D eigenvalue weighted by molar-refractivity contribution is 7.91. The second-order valence-electron chi connectivity index (χ2n) is 5.42. The number of thiocarbonyl (C=S) groups is 1. The van der Waals surface area contributed by atoms with E-state index in [0.29, 0.717) is 5.11 Å². The maximum absolute atomic E-state index is 11.8. The number of rotatable bonds is 1. The third-order valence-corrected chi connectivity index (χ3v) is 5.70. The topological polar surface area (TPSA) is 49.4 Å². The number of hydrogen-bond acceptors (Lipinski definition) is 3. The summed E-state index contributed by atoms with van der Waals surface area (Å²) in [5.41, 5.74) is 3.30. The van der Waals surface area contributed by atoms with Crippen LogP contribution in [0.25, 0.3) is 0 Å². The Kier molecular flexibility index (Phi) is 2.83. The zero-order chi connectivity index (χ0) is 13.8. The van der Waals surface area contributed by atoms with E-state index in [1.54, 1.807) is 0 Å². The Hall–Kier alpha value is -1.14. The summed E-state index contributed by atoms with van der Waals surface area (Å²) >= 11 is 5.36. The van der Waals surface area contributed by atoms with Crippen LogP contribution in [0.4, 0.5) is 5.69 Å². The first-order valence-electron chi connectivity index (χ1n) is 6.24. The molecule has 0 bridgehead atoms. The Morgan fingerprint density at radius 1 is 1.21 bits per heavy atom. The van der Waals surface area contributed by atoms with Gasteiger partial charge in [-0.3, -0.25) is 0 Å². The number of nitrogens with zero attached hydrogens (tertiary/aromatic N) is 1. The van der Waals surface area contributed by atoms with Gasteiger partial charge in [-0.05, 0) is 49.3 Å². The van der Waals surface area contributed by atoms with E-state index in [2.05, 4.69) is 11.4 Å². The molecule has 2 heterocycles. The van der Waals surface area contributed by atoms with E-state index < -0.39 is 9.84 Å². The van der Waals surface area contributed by atoms with Crippen LogP contribution in [0.1, 0.15) is 11.1 Å². The molecule has 2 saturated heterocycles. The summed E-state index contributed by atoms with van der Waals surface area (Å²) in [6.45, 7) is 4.07. The fraction of sp³-hybridized carbons (Fsp3) is 0.462. The molecule has 0 saturated carbocycles. The second-order valence-corrected chi connectivity index (χ2v) is 7.96.